The standard InChI is InChI=1S/C11H19N3O4S/c1-6(11(17)18)13-10(16)8(5-19)14-9(15)7-3-2-4-12-7/h6-8,12,19H,2-5H2,1H3,(H,13,16)(H,14,15)(H,17,18)/t6-,7-,8-/m0/s1. The van der Waals surface area contributed by atoms with Crippen LogP contribution in [-0.2, 0) is 14.4 Å². The quantitative estimate of drug-likeness (QED) is 0.392. The van der Waals surface area contributed by atoms with E-state index in [1.54, 1.807) is 0 Å². The molecule has 0 aromatic rings. The van der Waals surface area contributed by atoms with E-state index in [9.17, 15) is 14.4 Å². The van der Waals surface area contributed by atoms with Crippen LogP contribution in [0.1, 0.15) is 19.8 Å². The number of hydrogen-bond donors (Lipinski definition) is 5. The molecule has 1 aliphatic heterocycles. The van der Waals surface area contributed by atoms with Gasteiger partial charge in [0.1, 0.15) is 12.1 Å². The summed E-state index contributed by atoms with van der Waals surface area (Å²) in [5.41, 5.74) is 0. The maximum atomic E-state index is 11.8. The van der Waals surface area contributed by atoms with Crippen molar-refractivity contribution in [3.63, 3.8) is 0 Å². The summed E-state index contributed by atoms with van der Waals surface area (Å²) in [5, 5.41) is 16.6. The third kappa shape index (κ3) is 4.71. The molecule has 1 rings (SSSR count). The Morgan fingerprint density at radius 1 is 1.42 bits per heavy atom. The number of carbonyl (C=O) groups is 3. The minimum Gasteiger partial charge on any atom is -0.480 e. The molecule has 1 saturated heterocycles. The van der Waals surface area contributed by atoms with Gasteiger partial charge in [0.2, 0.25) is 11.8 Å². The van der Waals surface area contributed by atoms with Crippen molar-refractivity contribution in [2.45, 2.75) is 37.9 Å². The van der Waals surface area contributed by atoms with Crippen LogP contribution >= 0.6 is 12.6 Å². The molecule has 108 valence electrons. The molecule has 0 aromatic heterocycles. The number of carboxylic acids is 1. The summed E-state index contributed by atoms with van der Waals surface area (Å²) in [7, 11) is 0. The van der Waals surface area contributed by atoms with E-state index in [1.165, 1.54) is 6.92 Å². The lowest BCUT2D eigenvalue weighted by molar-refractivity contribution is -0.141. The lowest BCUT2D eigenvalue weighted by atomic mass is 10.2. The highest BCUT2D eigenvalue weighted by Crippen LogP contribution is 2.05. The van der Waals surface area contributed by atoms with E-state index in [4.69, 9.17) is 5.11 Å². The first-order valence-electron chi connectivity index (χ1n) is 6.13. The first-order chi connectivity index (χ1) is 8.95. The molecule has 0 aliphatic carbocycles. The highest BCUT2D eigenvalue weighted by molar-refractivity contribution is 7.80. The lowest BCUT2D eigenvalue weighted by Crippen LogP contribution is -2.54. The molecular weight excluding hydrogens is 270 g/mol. The maximum absolute atomic E-state index is 11.8. The summed E-state index contributed by atoms with van der Waals surface area (Å²) in [6.07, 6.45) is 1.66. The van der Waals surface area contributed by atoms with Gasteiger partial charge in [0.25, 0.3) is 0 Å². The SMILES string of the molecule is C[C@H](NC(=O)[C@H](CS)NC(=O)[C@@H]1CCCN1)C(=O)O. The van der Waals surface area contributed by atoms with Gasteiger partial charge in [-0.3, -0.25) is 14.4 Å². The second-order valence-corrected chi connectivity index (χ2v) is 4.83. The zero-order valence-corrected chi connectivity index (χ0v) is 11.6. The number of carboxylic acid groups (broad SMARTS) is 1. The first-order valence-corrected chi connectivity index (χ1v) is 6.76. The summed E-state index contributed by atoms with van der Waals surface area (Å²) in [6, 6.07) is -2.12. The highest BCUT2D eigenvalue weighted by Gasteiger charge is 2.27. The van der Waals surface area contributed by atoms with Crippen LogP contribution in [-0.4, -0.2) is 53.3 Å². The van der Waals surface area contributed by atoms with E-state index >= 15 is 0 Å². The average Bonchev–Trinajstić information content (AvgIpc) is 2.88. The van der Waals surface area contributed by atoms with E-state index in [2.05, 4.69) is 28.6 Å². The number of aliphatic carboxylic acids is 1. The zero-order valence-electron chi connectivity index (χ0n) is 10.7. The predicted octanol–water partition coefficient (Wildman–Crippen LogP) is -1.26. The van der Waals surface area contributed by atoms with Crippen LogP contribution in [0.2, 0.25) is 0 Å². The second-order valence-electron chi connectivity index (χ2n) is 4.46. The molecule has 0 saturated carbocycles. The zero-order chi connectivity index (χ0) is 14.4. The molecular formula is C11H19N3O4S. The van der Waals surface area contributed by atoms with Gasteiger partial charge in [-0.05, 0) is 26.3 Å². The Kier molecular flexibility index (Phi) is 6.10. The van der Waals surface area contributed by atoms with Crippen LogP contribution < -0.4 is 16.0 Å². The Balaban J connectivity index is 2.49. The van der Waals surface area contributed by atoms with Crippen LogP contribution in [0.5, 0.6) is 0 Å². The Labute approximate surface area is 116 Å². The molecule has 0 aromatic carbocycles. The number of nitrogens with one attached hydrogen (secondary N) is 3. The van der Waals surface area contributed by atoms with Crippen molar-refractivity contribution >= 4 is 30.4 Å². The number of hydrogen-bond acceptors (Lipinski definition) is 5. The molecule has 0 unspecified atom stereocenters. The van der Waals surface area contributed by atoms with Crippen molar-refractivity contribution in [2.24, 2.45) is 0 Å². The Morgan fingerprint density at radius 2 is 2.11 bits per heavy atom. The molecule has 8 heteroatoms. The number of carbonyl (C=O) groups excluding carboxylic acids is 2. The summed E-state index contributed by atoms with van der Waals surface area (Å²) < 4.78 is 0. The molecule has 2 amide bonds. The Bertz CT molecular complexity index is 358. The Hall–Kier alpha value is -1.28. The van der Waals surface area contributed by atoms with Crippen molar-refractivity contribution in [1.29, 1.82) is 0 Å². The monoisotopic (exact) mass is 289 g/mol. The molecule has 0 bridgehead atoms. The van der Waals surface area contributed by atoms with Crippen molar-refractivity contribution in [3.05, 3.63) is 0 Å². The fraction of sp³-hybridized carbons (Fsp3) is 0.727. The minimum absolute atomic E-state index is 0.108. The van der Waals surface area contributed by atoms with Crippen molar-refractivity contribution in [3.8, 4) is 0 Å². The highest BCUT2D eigenvalue weighted by atomic mass is 32.1. The van der Waals surface area contributed by atoms with E-state index in [1.807, 2.05) is 0 Å². The van der Waals surface area contributed by atoms with Gasteiger partial charge in [-0.1, -0.05) is 0 Å². The van der Waals surface area contributed by atoms with Gasteiger partial charge in [0.05, 0.1) is 6.04 Å². The van der Waals surface area contributed by atoms with Gasteiger partial charge >= 0.3 is 5.97 Å². The van der Waals surface area contributed by atoms with Gasteiger partial charge in [-0.15, -0.1) is 0 Å². The van der Waals surface area contributed by atoms with Gasteiger partial charge in [0.15, 0.2) is 0 Å². The fourth-order valence-corrected chi connectivity index (χ4v) is 2.01. The van der Waals surface area contributed by atoms with Gasteiger partial charge < -0.3 is 21.1 Å². The van der Waals surface area contributed by atoms with E-state index in [0.29, 0.717) is 0 Å². The van der Waals surface area contributed by atoms with E-state index < -0.39 is 24.0 Å². The van der Waals surface area contributed by atoms with Crippen molar-refractivity contribution in [2.75, 3.05) is 12.3 Å². The van der Waals surface area contributed by atoms with Gasteiger partial charge in [0, 0.05) is 5.75 Å². The first kappa shape index (κ1) is 15.8. The van der Waals surface area contributed by atoms with Gasteiger partial charge in [-0.25, -0.2) is 0 Å². The third-order valence-electron chi connectivity index (χ3n) is 2.92. The van der Waals surface area contributed by atoms with Gasteiger partial charge in [-0.2, -0.15) is 12.6 Å². The fourth-order valence-electron chi connectivity index (χ4n) is 1.75. The minimum atomic E-state index is -1.13. The summed E-state index contributed by atoms with van der Waals surface area (Å²) in [5.74, 6) is -1.82. The molecule has 1 fully saturated rings. The number of thiol groups is 1. The molecule has 1 heterocycles. The molecule has 3 atom stereocenters. The molecule has 0 spiro atoms. The van der Waals surface area contributed by atoms with E-state index in [-0.39, 0.29) is 17.7 Å². The van der Waals surface area contributed by atoms with Crippen molar-refractivity contribution < 1.29 is 19.5 Å². The van der Waals surface area contributed by atoms with Crippen molar-refractivity contribution in [1.82, 2.24) is 16.0 Å². The topological polar surface area (TPSA) is 108 Å². The Morgan fingerprint density at radius 3 is 2.58 bits per heavy atom. The lowest BCUT2D eigenvalue weighted by Gasteiger charge is -2.20. The summed E-state index contributed by atoms with van der Waals surface area (Å²) >= 11 is 4.00. The molecule has 1 aliphatic rings. The normalized spacial score (nSPS) is 21.5. The maximum Gasteiger partial charge on any atom is 0.325 e. The van der Waals surface area contributed by atoms with E-state index in [0.717, 1.165) is 19.4 Å². The summed E-state index contributed by atoms with van der Waals surface area (Å²) in [6.45, 7) is 2.14. The molecule has 19 heavy (non-hydrogen) atoms. The molecule has 4 N–H and O–H groups in total. The largest absolute Gasteiger partial charge is 0.480 e. The third-order valence-corrected chi connectivity index (χ3v) is 3.29. The number of amides is 2. The van der Waals surface area contributed by atoms with Crippen LogP contribution in [0.4, 0.5) is 0 Å². The van der Waals surface area contributed by atoms with Crippen LogP contribution in [0.3, 0.4) is 0 Å². The predicted molar refractivity (Wildman–Crippen MR) is 72.0 cm³/mol. The van der Waals surface area contributed by atoms with Crippen LogP contribution in [0, 0.1) is 0 Å². The summed E-state index contributed by atoms with van der Waals surface area (Å²) in [4.78, 5) is 34.3. The average molecular weight is 289 g/mol. The van der Waals surface area contributed by atoms with Crippen LogP contribution in [0.25, 0.3) is 0 Å². The van der Waals surface area contributed by atoms with Crippen LogP contribution in [0.15, 0.2) is 0 Å². The molecule has 0 radical (unpaired) electrons. The molecule has 7 nitrogen and oxygen atoms in total. The number of rotatable bonds is 6. The second kappa shape index (κ2) is 7.34. The smallest absolute Gasteiger partial charge is 0.325 e.